The lowest BCUT2D eigenvalue weighted by molar-refractivity contribution is 0.577. The predicted octanol–water partition coefficient (Wildman–Crippen LogP) is 1.40. The second-order valence-electron chi connectivity index (χ2n) is 5.42. The molecule has 0 unspecified atom stereocenters. The van der Waals surface area contributed by atoms with Crippen LogP contribution in [-0.4, -0.2) is 35.6 Å². The SMILES string of the molecule is CC(C)c1cc(N2CC[C@H]3CNC[C@H]32)ncn1. The van der Waals surface area contributed by atoms with E-state index in [1.54, 1.807) is 6.33 Å². The van der Waals surface area contributed by atoms with Gasteiger partial charge in [-0.05, 0) is 18.3 Å². The zero-order valence-corrected chi connectivity index (χ0v) is 10.6. The summed E-state index contributed by atoms with van der Waals surface area (Å²) in [6, 6.07) is 2.80. The molecule has 0 spiro atoms. The molecule has 0 radical (unpaired) electrons. The third-order valence-electron chi connectivity index (χ3n) is 4.00. The fourth-order valence-corrected chi connectivity index (χ4v) is 2.97. The number of hydrogen-bond acceptors (Lipinski definition) is 4. The maximum Gasteiger partial charge on any atom is 0.132 e. The Kier molecular flexibility index (Phi) is 2.74. The summed E-state index contributed by atoms with van der Waals surface area (Å²) in [4.78, 5) is 11.3. The third-order valence-corrected chi connectivity index (χ3v) is 4.00. The molecular formula is C13H20N4. The van der Waals surface area contributed by atoms with Crippen molar-refractivity contribution in [1.82, 2.24) is 15.3 Å². The van der Waals surface area contributed by atoms with Gasteiger partial charge in [-0.25, -0.2) is 9.97 Å². The van der Waals surface area contributed by atoms with Gasteiger partial charge in [0, 0.05) is 37.4 Å². The average molecular weight is 232 g/mol. The molecule has 2 aliphatic heterocycles. The molecule has 2 saturated heterocycles. The summed E-state index contributed by atoms with van der Waals surface area (Å²) in [6.45, 7) is 7.77. The highest BCUT2D eigenvalue weighted by atomic mass is 15.3. The van der Waals surface area contributed by atoms with Crippen LogP contribution in [0.2, 0.25) is 0 Å². The number of fused-ring (bicyclic) bond motifs is 1. The molecule has 2 aliphatic rings. The zero-order chi connectivity index (χ0) is 11.8. The molecule has 3 rings (SSSR count). The fourth-order valence-electron chi connectivity index (χ4n) is 2.97. The van der Waals surface area contributed by atoms with Gasteiger partial charge in [0.05, 0.1) is 0 Å². The Morgan fingerprint density at radius 2 is 2.24 bits per heavy atom. The minimum atomic E-state index is 0.469. The smallest absolute Gasteiger partial charge is 0.132 e. The van der Waals surface area contributed by atoms with Gasteiger partial charge in [0.2, 0.25) is 0 Å². The van der Waals surface area contributed by atoms with E-state index < -0.39 is 0 Å². The lowest BCUT2D eigenvalue weighted by Gasteiger charge is -2.24. The molecule has 92 valence electrons. The summed E-state index contributed by atoms with van der Waals surface area (Å²) in [7, 11) is 0. The minimum Gasteiger partial charge on any atom is -0.352 e. The standard InChI is InChI=1S/C13H20N4/c1-9(2)11-5-13(16-8-15-11)17-4-3-10-6-14-7-12(10)17/h5,8-10,12,14H,3-4,6-7H2,1-2H3/t10-,12+/m0/s1. The van der Waals surface area contributed by atoms with Gasteiger partial charge >= 0.3 is 0 Å². The van der Waals surface area contributed by atoms with E-state index in [-0.39, 0.29) is 0 Å². The summed E-state index contributed by atoms with van der Waals surface area (Å²) >= 11 is 0. The van der Waals surface area contributed by atoms with E-state index in [2.05, 4.69) is 40.1 Å². The van der Waals surface area contributed by atoms with Gasteiger partial charge in [0.1, 0.15) is 12.1 Å². The molecule has 4 nitrogen and oxygen atoms in total. The first kappa shape index (κ1) is 11.0. The van der Waals surface area contributed by atoms with Crippen molar-refractivity contribution in [3.63, 3.8) is 0 Å². The number of anilines is 1. The maximum absolute atomic E-state index is 4.45. The van der Waals surface area contributed by atoms with Crippen LogP contribution in [0.5, 0.6) is 0 Å². The molecule has 2 atom stereocenters. The Labute approximate surface area is 102 Å². The molecule has 17 heavy (non-hydrogen) atoms. The predicted molar refractivity (Wildman–Crippen MR) is 68.2 cm³/mol. The molecular weight excluding hydrogens is 212 g/mol. The van der Waals surface area contributed by atoms with Gasteiger partial charge in [0.25, 0.3) is 0 Å². The van der Waals surface area contributed by atoms with Crippen LogP contribution in [0.15, 0.2) is 12.4 Å². The van der Waals surface area contributed by atoms with Crippen molar-refractivity contribution in [3.8, 4) is 0 Å². The van der Waals surface area contributed by atoms with E-state index in [9.17, 15) is 0 Å². The van der Waals surface area contributed by atoms with Gasteiger partial charge < -0.3 is 10.2 Å². The second-order valence-corrected chi connectivity index (χ2v) is 5.42. The van der Waals surface area contributed by atoms with E-state index >= 15 is 0 Å². The molecule has 1 aromatic rings. The van der Waals surface area contributed by atoms with Crippen molar-refractivity contribution < 1.29 is 0 Å². The average Bonchev–Trinajstić information content (AvgIpc) is 2.90. The lowest BCUT2D eigenvalue weighted by Crippen LogP contribution is -2.34. The minimum absolute atomic E-state index is 0.469. The number of nitrogens with zero attached hydrogens (tertiary/aromatic N) is 3. The van der Waals surface area contributed by atoms with Crippen molar-refractivity contribution in [2.45, 2.75) is 32.2 Å². The highest BCUT2D eigenvalue weighted by Crippen LogP contribution is 2.31. The van der Waals surface area contributed by atoms with Gasteiger partial charge in [-0.3, -0.25) is 0 Å². The topological polar surface area (TPSA) is 41.0 Å². The number of nitrogens with one attached hydrogen (secondary N) is 1. The van der Waals surface area contributed by atoms with E-state index in [1.807, 2.05) is 0 Å². The molecule has 3 heterocycles. The Bertz CT molecular complexity index is 404. The van der Waals surface area contributed by atoms with Crippen LogP contribution in [-0.2, 0) is 0 Å². The van der Waals surface area contributed by atoms with Gasteiger partial charge in [-0.2, -0.15) is 0 Å². The molecule has 0 aliphatic carbocycles. The number of rotatable bonds is 2. The van der Waals surface area contributed by atoms with Crippen LogP contribution in [0.1, 0.15) is 31.9 Å². The maximum atomic E-state index is 4.45. The Morgan fingerprint density at radius 1 is 1.35 bits per heavy atom. The molecule has 1 aromatic heterocycles. The zero-order valence-electron chi connectivity index (χ0n) is 10.6. The second kappa shape index (κ2) is 4.26. The van der Waals surface area contributed by atoms with Crippen LogP contribution in [0.3, 0.4) is 0 Å². The van der Waals surface area contributed by atoms with Crippen LogP contribution < -0.4 is 10.2 Å². The summed E-state index contributed by atoms with van der Waals surface area (Å²) in [5.74, 6) is 2.39. The first-order valence-electron chi connectivity index (χ1n) is 6.55. The number of aromatic nitrogens is 2. The molecule has 2 fully saturated rings. The fraction of sp³-hybridized carbons (Fsp3) is 0.692. The number of hydrogen-bond donors (Lipinski definition) is 1. The first-order valence-corrected chi connectivity index (χ1v) is 6.55. The normalized spacial score (nSPS) is 27.8. The van der Waals surface area contributed by atoms with E-state index in [0.29, 0.717) is 12.0 Å². The molecule has 0 aromatic carbocycles. The quantitative estimate of drug-likeness (QED) is 0.837. The van der Waals surface area contributed by atoms with Crippen LogP contribution in [0.25, 0.3) is 0 Å². The Balaban J connectivity index is 1.86. The molecule has 0 saturated carbocycles. The summed E-state index contributed by atoms with van der Waals surface area (Å²) < 4.78 is 0. The van der Waals surface area contributed by atoms with E-state index in [0.717, 1.165) is 30.5 Å². The van der Waals surface area contributed by atoms with Crippen LogP contribution in [0.4, 0.5) is 5.82 Å². The molecule has 0 bridgehead atoms. The molecule has 0 amide bonds. The van der Waals surface area contributed by atoms with Crippen LogP contribution >= 0.6 is 0 Å². The van der Waals surface area contributed by atoms with Crippen molar-refractivity contribution in [2.24, 2.45) is 5.92 Å². The van der Waals surface area contributed by atoms with Crippen molar-refractivity contribution in [1.29, 1.82) is 0 Å². The largest absolute Gasteiger partial charge is 0.352 e. The van der Waals surface area contributed by atoms with E-state index in [1.165, 1.54) is 13.0 Å². The molecule has 1 N–H and O–H groups in total. The Hall–Kier alpha value is -1.16. The third kappa shape index (κ3) is 1.90. The highest BCUT2D eigenvalue weighted by molar-refractivity contribution is 5.43. The van der Waals surface area contributed by atoms with E-state index in [4.69, 9.17) is 0 Å². The monoisotopic (exact) mass is 232 g/mol. The van der Waals surface area contributed by atoms with Crippen molar-refractivity contribution in [2.75, 3.05) is 24.5 Å². The summed E-state index contributed by atoms with van der Waals surface area (Å²) in [6.07, 6.45) is 3.00. The van der Waals surface area contributed by atoms with Crippen molar-refractivity contribution >= 4 is 5.82 Å². The van der Waals surface area contributed by atoms with Gasteiger partial charge in [-0.15, -0.1) is 0 Å². The first-order chi connectivity index (χ1) is 8.25. The highest BCUT2D eigenvalue weighted by Gasteiger charge is 2.38. The van der Waals surface area contributed by atoms with Crippen LogP contribution in [0, 0.1) is 5.92 Å². The van der Waals surface area contributed by atoms with Gasteiger partial charge in [0.15, 0.2) is 0 Å². The lowest BCUT2D eigenvalue weighted by atomic mass is 10.1. The summed E-state index contributed by atoms with van der Waals surface area (Å²) in [5, 5.41) is 3.48. The Morgan fingerprint density at radius 3 is 3.06 bits per heavy atom. The van der Waals surface area contributed by atoms with Crippen molar-refractivity contribution in [3.05, 3.63) is 18.1 Å². The summed E-state index contributed by atoms with van der Waals surface area (Å²) in [5.41, 5.74) is 1.14. The van der Waals surface area contributed by atoms with Gasteiger partial charge in [-0.1, -0.05) is 13.8 Å². The molecule has 4 heteroatoms.